The van der Waals surface area contributed by atoms with E-state index >= 15 is 0 Å². The van der Waals surface area contributed by atoms with E-state index in [4.69, 9.17) is 16.5 Å². The van der Waals surface area contributed by atoms with Gasteiger partial charge >= 0.3 is 0 Å². The van der Waals surface area contributed by atoms with Crippen LogP contribution in [0.2, 0.25) is 0 Å². The maximum Gasteiger partial charge on any atom is 0.0922 e. The third kappa shape index (κ3) is 2.69. The number of nitrogens with zero attached hydrogens (tertiary/aromatic N) is 3. The van der Waals surface area contributed by atoms with Crippen molar-refractivity contribution in [3.8, 4) is 0 Å². The molecule has 0 amide bonds. The maximum absolute atomic E-state index is 5.79. The second-order valence-corrected chi connectivity index (χ2v) is 7.22. The van der Waals surface area contributed by atoms with Gasteiger partial charge in [0.1, 0.15) is 0 Å². The molecule has 1 aromatic carbocycles. The van der Waals surface area contributed by atoms with Gasteiger partial charge in [0.25, 0.3) is 0 Å². The van der Waals surface area contributed by atoms with Crippen molar-refractivity contribution in [2.75, 3.05) is 6.54 Å². The zero-order chi connectivity index (χ0) is 16.6. The highest BCUT2D eigenvalue weighted by Gasteiger charge is 2.52. The zero-order valence-corrected chi connectivity index (χ0v) is 13.7. The van der Waals surface area contributed by atoms with Crippen molar-refractivity contribution in [1.82, 2.24) is 9.97 Å². The molecule has 5 nitrogen and oxygen atoms in total. The van der Waals surface area contributed by atoms with Crippen LogP contribution in [0.15, 0.2) is 41.7 Å². The molecule has 4 N–H and O–H groups in total. The average molecular weight is 321 g/mol. The second-order valence-electron chi connectivity index (χ2n) is 7.22. The van der Waals surface area contributed by atoms with Gasteiger partial charge in [0.05, 0.1) is 29.0 Å². The third-order valence-corrected chi connectivity index (χ3v) is 5.46. The Bertz CT molecular complexity index is 796. The van der Waals surface area contributed by atoms with Crippen LogP contribution >= 0.6 is 0 Å². The molecule has 0 bridgehead atoms. The quantitative estimate of drug-likeness (QED) is 0.847. The summed E-state index contributed by atoms with van der Waals surface area (Å²) in [6.45, 7) is 0.830. The summed E-state index contributed by atoms with van der Waals surface area (Å²) in [5.41, 5.74) is 15.4. The molecule has 24 heavy (non-hydrogen) atoms. The molecule has 1 heterocycles. The smallest absolute Gasteiger partial charge is 0.0922 e. The van der Waals surface area contributed by atoms with Gasteiger partial charge in [-0.05, 0) is 55.7 Å². The first kappa shape index (κ1) is 15.3. The lowest BCUT2D eigenvalue weighted by Gasteiger charge is -2.56. The van der Waals surface area contributed by atoms with Crippen LogP contribution < -0.4 is 11.5 Å². The first-order valence-electron chi connectivity index (χ1n) is 8.59. The highest BCUT2D eigenvalue weighted by Crippen LogP contribution is 2.59. The molecular weight excluding hydrogens is 298 g/mol. The summed E-state index contributed by atoms with van der Waals surface area (Å²) in [6.07, 6.45) is 10.1. The Kier molecular flexibility index (Phi) is 3.81. The summed E-state index contributed by atoms with van der Waals surface area (Å²) in [5, 5.41) is 0. The Balaban J connectivity index is 1.43. The number of aliphatic imine (C=N–C) groups is 1. The normalized spacial score (nSPS) is 29.8. The van der Waals surface area contributed by atoms with Crippen molar-refractivity contribution >= 4 is 22.8 Å². The predicted molar refractivity (Wildman–Crippen MR) is 97.4 cm³/mol. The van der Waals surface area contributed by atoms with Gasteiger partial charge in [0, 0.05) is 18.0 Å². The first-order valence-corrected chi connectivity index (χ1v) is 8.59. The molecule has 4 rings (SSSR count). The second kappa shape index (κ2) is 5.98. The van der Waals surface area contributed by atoms with Gasteiger partial charge in [-0.15, -0.1) is 0 Å². The van der Waals surface area contributed by atoms with E-state index in [-0.39, 0.29) is 0 Å². The molecule has 0 saturated heterocycles. The monoisotopic (exact) mass is 321 g/mol. The van der Waals surface area contributed by atoms with Gasteiger partial charge in [-0.25, -0.2) is 4.98 Å². The van der Waals surface area contributed by atoms with Gasteiger partial charge in [0.2, 0.25) is 0 Å². The number of rotatable bonds is 4. The maximum atomic E-state index is 5.79. The van der Waals surface area contributed by atoms with Crippen molar-refractivity contribution in [3.63, 3.8) is 0 Å². The summed E-state index contributed by atoms with van der Waals surface area (Å²) in [6, 6.07) is 8.23. The fourth-order valence-corrected chi connectivity index (χ4v) is 4.19. The Hall–Kier alpha value is -2.27. The summed E-state index contributed by atoms with van der Waals surface area (Å²) >= 11 is 0. The number of benzene rings is 1. The fourth-order valence-electron chi connectivity index (χ4n) is 4.19. The number of allylic oxidation sites excluding steroid dienone is 1. The minimum Gasteiger partial charge on any atom is -0.404 e. The van der Waals surface area contributed by atoms with E-state index in [0.717, 1.165) is 34.8 Å². The van der Waals surface area contributed by atoms with Crippen LogP contribution in [0.4, 0.5) is 0 Å². The van der Waals surface area contributed by atoms with Gasteiger partial charge < -0.3 is 11.5 Å². The number of hydrogen-bond donors (Lipinski definition) is 2. The zero-order valence-electron chi connectivity index (χ0n) is 13.7. The van der Waals surface area contributed by atoms with Crippen molar-refractivity contribution in [2.24, 2.45) is 27.8 Å². The van der Waals surface area contributed by atoms with Crippen molar-refractivity contribution in [1.29, 1.82) is 0 Å². The van der Waals surface area contributed by atoms with Crippen molar-refractivity contribution in [2.45, 2.75) is 31.7 Å². The number of nitrogens with two attached hydrogens (primary N) is 2. The van der Waals surface area contributed by atoms with E-state index in [1.807, 2.05) is 30.5 Å². The molecule has 0 unspecified atom stereocenters. The number of hydrogen-bond acceptors (Lipinski definition) is 5. The minimum absolute atomic E-state index is 0.409. The van der Waals surface area contributed by atoms with Gasteiger partial charge in [-0.1, -0.05) is 12.1 Å². The van der Waals surface area contributed by atoms with Crippen LogP contribution in [-0.4, -0.2) is 28.8 Å². The highest BCUT2D eigenvalue weighted by atomic mass is 14.9. The number of para-hydroxylation sites is 2. The molecule has 2 saturated carbocycles. The molecule has 0 radical (unpaired) electrons. The van der Waals surface area contributed by atoms with Crippen LogP contribution in [0.3, 0.4) is 0 Å². The van der Waals surface area contributed by atoms with Crippen LogP contribution in [-0.2, 0) is 0 Å². The van der Waals surface area contributed by atoms with Crippen LogP contribution in [0.1, 0.15) is 31.4 Å². The van der Waals surface area contributed by atoms with Crippen LogP contribution in [0, 0.1) is 11.3 Å². The van der Waals surface area contributed by atoms with Crippen molar-refractivity contribution in [3.05, 3.63) is 42.4 Å². The molecule has 1 aromatic heterocycles. The summed E-state index contributed by atoms with van der Waals surface area (Å²) < 4.78 is 0. The third-order valence-electron chi connectivity index (χ3n) is 5.46. The Morgan fingerprint density at radius 1 is 1.21 bits per heavy atom. The fraction of sp³-hybridized carbons (Fsp3) is 0.421. The minimum atomic E-state index is 0.409. The number of aromatic nitrogens is 2. The Morgan fingerprint density at radius 2 is 1.96 bits per heavy atom. The summed E-state index contributed by atoms with van der Waals surface area (Å²) in [4.78, 5) is 13.8. The lowest BCUT2D eigenvalue weighted by molar-refractivity contribution is -0.0341. The van der Waals surface area contributed by atoms with E-state index in [1.165, 1.54) is 25.7 Å². The molecule has 2 aromatic rings. The van der Waals surface area contributed by atoms with E-state index in [2.05, 4.69) is 9.97 Å². The average Bonchev–Trinajstić information content (AvgIpc) is 2.55. The standard InChI is InChI=1S/C19H23N5/c20-9-13-5-19(6-13)7-15(8-19)22-11-14(10-21)18-12-23-16-3-1-2-4-17(16)24-18/h1-4,10-13,15H,5-9,20-21H2. The van der Waals surface area contributed by atoms with Crippen LogP contribution in [0.25, 0.3) is 16.6 Å². The Labute approximate surface area is 141 Å². The van der Waals surface area contributed by atoms with Gasteiger partial charge in [-0.3, -0.25) is 9.98 Å². The summed E-state index contributed by atoms with van der Waals surface area (Å²) in [5.74, 6) is 0.738. The van der Waals surface area contributed by atoms with Crippen LogP contribution in [0.5, 0.6) is 0 Å². The molecule has 2 aliphatic carbocycles. The largest absolute Gasteiger partial charge is 0.404 e. The molecule has 0 aliphatic heterocycles. The van der Waals surface area contributed by atoms with E-state index in [9.17, 15) is 0 Å². The molecule has 1 spiro atoms. The first-order chi connectivity index (χ1) is 11.7. The predicted octanol–water partition coefficient (Wildman–Crippen LogP) is 2.52. The highest BCUT2D eigenvalue weighted by molar-refractivity contribution is 6.09. The molecule has 124 valence electrons. The lowest BCUT2D eigenvalue weighted by Crippen LogP contribution is -2.51. The van der Waals surface area contributed by atoms with E-state index in [1.54, 1.807) is 12.4 Å². The topological polar surface area (TPSA) is 90.2 Å². The number of fused-ring (bicyclic) bond motifs is 1. The van der Waals surface area contributed by atoms with Gasteiger partial charge in [-0.2, -0.15) is 0 Å². The molecule has 2 fully saturated rings. The Morgan fingerprint density at radius 3 is 2.67 bits per heavy atom. The van der Waals surface area contributed by atoms with Gasteiger partial charge in [0.15, 0.2) is 0 Å². The molecular formula is C19H23N5. The van der Waals surface area contributed by atoms with E-state index < -0.39 is 0 Å². The lowest BCUT2D eigenvalue weighted by atomic mass is 9.50. The summed E-state index contributed by atoms with van der Waals surface area (Å²) in [7, 11) is 0. The van der Waals surface area contributed by atoms with Crippen molar-refractivity contribution < 1.29 is 0 Å². The molecule has 0 atom stereocenters. The SMILES string of the molecule is NC=C(C=NC1CC2(CC(CN)C2)C1)c1cnc2ccccc2n1. The van der Waals surface area contributed by atoms with E-state index in [0.29, 0.717) is 11.5 Å². The molecule has 5 heteroatoms. The molecule has 2 aliphatic rings.